The highest BCUT2D eigenvalue weighted by molar-refractivity contribution is 5.97. The normalized spacial score (nSPS) is 19.3. The van der Waals surface area contributed by atoms with E-state index in [0.717, 1.165) is 18.6 Å². The van der Waals surface area contributed by atoms with E-state index < -0.39 is 40.9 Å². The number of hydrogen-bond acceptors (Lipinski definition) is 4. The minimum absolute atomic E-state index is 0.116. The van der Waals surface area contributed by atoms with Gasteiger partial charge in [-0.25, -0.2) is 8.78 Å². The Labute approximate surface area is 172 Å². The molecule has 2 atom stereocenters. The number of benzene rings is 1. The van der Waals surface area contributed by atoms with Crippen molar-refractivity contribution in [2.45, 2.75) is 52.1 Å². The Morgan fingerprint density at radius 3 is 2.70 bits per heavy atom. The molecule has 1 aliphatic heterocycles. The zero-order valence-corrected chi connectivity index (χ0v) is 17.0. The van der Waals surface area contributed by atoms with Crippen molar-refractivity contribution >= 4 is 11.8 Å². The number of nitrogens with one attached hydrogen (secondary N) is 1. The molecule has 1 aromatic carbocycles. The van der Waals surface area contributed by atoms with Gasteiger partial charge < -0.3 is 14.7 Å². The van der Waals surface area contributed by atoms with Gasteiger partial charge in [0.1, 0.15) is 17.7 Å². The van der Waals surface area contributed by atoms with Gasteiger partial charge in [-0.05, 0) is 30.9 Å². The largest absolute Gasteiger partial charge is 0.352 e. The number of amides is 2. The first kappa shape index (κ1) is 21.9. The number of carbonyl (C=O) groups excluding carboxylic acids is 2. The van der Waals surface area contributed by atoms with Gasteiger partial charge in [-0.15, -0.1) is 0 Å². The third kappa shape index (κ3) is 4.34. The second-order valence-corrected chi connectivity index (χ2v) is 7.90. The van der Waals surface area contributed by atoms with Crippen LogP contribution >= 0.6 is 0 Å². The predicted molar refractivity (Wildman–Crippen MR) is 103 cm³/mol. The second kappa shape index (κ2) is 8.89. The summed E-state index contributed by atoms with van der Waals surface area (Å²) >= 11 is 0. The lowest BCUT2D eigenvalue weighted by Crippen LogP contribution is -2.61. The summed E-state index contributed by atoms with van der Waals surface area (Å²) in [4.78, 5) is 27.1. The van der Waals surface area contributed by atoms with E-state index in [2.05, 4.69) is 10.5 Å². The van der Waals surface area contributed by atoms with Crippen LogP contribution in [0.3, 0.4) is 0 Å². The van der Waals surface area contributed by atoms with Crippen LogP contribution in [0.25, 0.3) is 11.3 Å². The highest BCUT2D eigenvalue weighted by Gasteiger charge is 2.40. The summed E-state index contributed by atoms with van der Waals surface area (Å²) in [6, 6.07) is 1.52. The van der Waals surface area contributed by atoms with Crippen LogP contribution < -0.4 is 5.32 Å². The van der Waals surface area contributed by atoms with Crippen LogP contribution in [-0.2, 0) is 4.79 Å². The third-order valence-electron chi connectivity index (χ3n) is 5.05. The summed E-state index contributed by atoms with van der Waals surface area (Å²) in [5.74, 6) is -4.59. The molecule has 2 heterocycles. The van der Waals surface area contributed by atoms with Gasteiger partial charge in [-0.2, -0.15) is 4.39 Å². The summed E-state index contributed by atoms with van der Waals surface area (Å²) in [6.45, 7) is 6.00. The van der Waals surface area contributed by atoms with E-state index in [1.54, 1.807) is 0 Å². The molecule has 3 rings (SSSR count). The number of rotatable bonds is 6. The topological polar surface area (TPSA) is 75.4 Å². The first-order valence-electron chi connectivity index (χ1n) is 9.94. The van der Waals surface area contributed by atoms with Crippen LogP contribution in [-0.4, -0.2) is 40.5 Å². The van der Waals surface area contributed by atoms with Gasteiger partial charge in [0.25, 0.3) is 5.91 Å². The molecule has 1 aliphatic rings. The summed E-state index contributed by atoms with van der Waals surface area (Å²) in [7, 11) is 0. The summed E-state index contributed by atoms with van der Waals surface area (Å²) in [5.41, 5.74) is -0.980. The van der Waals surface area contributed by atoms with Crippen molar-refractivity contribution in [1.29, 1.82) is 0 Å². The Hall–Kier alpha value is -2.84. The molecule has 2 unspecified atom stereocenters. The summed E-state index contributed by atoms with van der Waals surface area (Å²) in [5, 5.41) is 6.42. The van der Waals surface area contributed by atoms with E-state index in [1.165, 1.54) is 4.90 Å². The lowest BCUT2D eigenvalue weighted by Gasteiger charge is -2.39. The van der Waals surface area contributed by atoms with Crippen molar-refractivity contribution in [2.24, 2.45) is 5.92 Å². The molecular weight excluding hydrogens is 399 g/mol. The van der Waals surface area contributed by atoms with Crippen molar-refractivity contribution in [3.05, 3.63) is 41.3 Å². The SMILES string of the molecule is CCCC1CN(C(=O)c2noc(-c3ccc(F)cc3F)c2F)C(CC(C)C)C(=O)N1. The molecule has 1 aromatic heterocycles. The molecule has 30 heavy (non-hydrogen) atoms. The van der Waals surface area contributed by atoms with Gasteiger partial charge in [0, 0.05) is 18.7 Å². The van der Waals surface area contributed by atoms with E-state index in [1.807, 2.05) is 20.8 Å². The van der Waals surface area contributed by atoms with Crippen molar-refractivity contribution in [2.75, 3.05) is 6.54 Å². The van der Waals surface area contributed by atoms with Gasteiger partial charge in [-0.3, -0.25) is 9.59 Å². The molecular formula is C21H24F3N3O3. The zero-order chi connectivity index (χ0) is 22.0. The zero-order valence-electron chi connectivity index (χ0n) is 17.0. The van der Waals surface area contributed by atoms with Gasteiger partial charge in [0.15, 0.2) is 0 Å². The molecule has 9 heteroatoms. The van der Waals surface area contributed by atoms with Crippen molar-refractivity contribution in [3.63, 3.8) is 0 Å². The average Bonchev–Trinajstić information content (AvgIpc) is 3.04. The monoisotopic (exact) mass is 423 g/mol. The van der Waals surface area contributed by atoms with Gasteiger partial charge in [0.05, 0.1) is 5.56 Å². The number of aromatic nitrogens is 1. The third-order valence-corrected chi connectivity index (χ3v) is 5.05. The number of halogens is 3. The molecule has 2 amide bonds. The molecule has 0 saturated carbocycles. The fraction of sp³-hybridized carbons (Fsp3) is 0.476. The summed E-state index contributed by atoms with van der Waals surface area (Å²) in [6.07, 6.45) is 1.86. The molecule has 0 radical (unpaired) electrons. The molecule has 2 aromatic rings. The van der Waals surface area contributed by atoms with E-state index >= 15 is 0 Å². The minimum Gasteiger partial charge on any atom is -0.352 e. The Kier molecular flexibility index (Phi) is 6.48. The van der Waals surface area contributed by atoms with E-state index in [9.17, 15) is 22.8 Å². The molecule has 162 valence electrons. The van der Waals surface area contributed by atoms with Crippen LogP contribution in [0.15, 0.2) is 22.7 Å². The highest BCUT2D eigenvalue weighted by Crippen LogP contribution is 2.29. The maximum absolute atomic E-state index is 15.0. The standard InChI is InChI=1S/C21H24F3N3O3/c1-4-5-13-10-27(16(8-11(2)3)20(28)25-13)21(29)18-17(24)19(30-26-18)14-7-6-12(22)9-15(14)23/h6-7,9,11,13,16H,4-5,8,10H2,1-3H3,(H,25,28). The fourth-order valence-corrected chi connectivity index (χ4v) is 3.66. The molecule has 1 N–H and O–H groups in total. The first-order chi connectivity index (χ1) is 14.2. The Bertz CT molecular complexity index is 945. The van der Waals surface area contributed by atoms with Crippen LogP contribution in [0.5, 0.6) is 0 Å². The van der Waals surface area contributed by atoms with E-state index in [0.29, 0.717) is 18.9 Å². The van der Waals surface area contributed by atoms with Crippen molar-refractivity contribution in [3.8, 4) is 11.3 Å². The molecule has 1 fully saturated rings. The molecule has 0 spiro atoms. The molecule has 6 nitrogen and oxygen atoms in total. The van der Waals surface area contributed by atoms with E-state index in [4.69, 9.17) is 4.52 Å². The van der Waals surface area contributed by atoms with Crippen LogP contribution in [0, 0.1) is 23.4 Å². The van der Waals surface area contributed by atoms with E-state index in [-0.39, 0.29) is 30.0 Å². The van der Waals surface area contributed by atoms with Crippen LogP contribution in [0.4, 0.5) is 13.2 Å². The molecule has 0 bridgehead atoms. The molecule has 0 aliphatic carbocycles. The van der Waals surface area contributed by atoms with Gasteiger partial charge in [0.2, 0.25) is 23.2 Å². The predicted octanol–water partition coefficient (Wildman–Crippen LogP) is 3.91. The average molecular weight is 423 g/mol. The lowest BCUT2D eigenvalue weighted by molar-refractivity contribution is -0.130. The Balaban J connectivity index is 1.94. The smallest absolute Gasteiger partial charge is 0.279 e. The number of hydrogen-bond donors (Lipinski definition) is 1. The Morgan fingerprint density at radius 2 is 2.07 bits per heavy atom. The second-order valence-electron chi connectivity index (χ2n) is 7.90. The number of piperazine rings is 1. The van der Waals surface area contributed by atoms with Crippen molar-refractivity contribution in [1.82, 2.24) is 15.4 Å². The summed E-state index contributed by atoms with van der Waals surface area (Å²) < 4.78 is 47.0. The lowest BCUT2D eigenvalue weighted by atomic mass is 9.96. The quantitative estimate of drug-likeness (QED) is 0.764. The molecule has 1 saturated heterocycles. The van der Waals surface area contributed by atoms with Gasteiger partial charge >= 0.3 is 0 Å². The fourth-order valence-electron chi connectivity index (χ4n) is 3.66. The maximum atomic E-state index is 15.0. The maximum Gasteiger partial charge on any atom is 0.279 e. The Morgan fingerprint density at radius 1 is 1.33 bits per heavy atom. The van der Waals surface area contributed by atoms with Gasteiger partial charge in [-0.1, -0.05) is 32.3 Å². The number of carbonyl (C=O) groups is 2. The van der Waals surface area contributed by atoms with Crippen LogP contribution in [0.1, 0.15) is 50.5 Å². The van der Waals surface area contributed by atoms with Crippen molar-refractivity contribution < 1.29 is 27.3 Å². The highest BCUT2D eigenvalue weighted by atomic mass is 19.1. The van der Waals surface area contributed by atoms with Crippen LogP contribution in [0.2, 0.25) is 0 Å². The minimum atomic E-state index is -1.15. The first-order valence-corrected chi connectivity index (χ1v) is 9.94. The number of nitrogens with zero attached hydrogens (tertiary/aromatic N) is 2.